The third kappa shape index (κ3) is 3.58. The minimum absolute atomic E-state index is 0.723. The molecule has 0 aliphatic rings. The summed E-state index contributed by atoms with van der Waals surface area (Å²) in [5.41, 5.74) is 0. The van der Waals surface area contributed by atoms with E-state index < -0.39 is 29.2 Å². The first-order valence-corrected chi connectivity index (χ1v) is 3.53. The first-order valence-electron chi connectivity index (χ1n) is 3.53. The summed E-state index contributed by atoms with van der Waals surface area (Å²) in [5, 5.41) is 10.1. The summed E-state index contributed by atoms with van der Waals surface area (Å²) in [5.74, 6) is -1.21. The van der Waals surface area contributed by atoms with E-state index in [0.29, 0.717) is 0 Å². The summed E-state index contributed by atoms with van der Waals surface area (Å²) in [6.07, 6.45) is -7.63. The van der Waals surface area contributed by atoms with Gasteiger partial charge in [0.1, 0.15) is 0 Å². The highest BCUT2D eigenvalue weighted by Crippen LogP contribution is 2.26. The van der Waals surface area contributed by atoms with Crippen LogP contribution in [0.25, 0.3) is 0 Å². The smallest absolute Gasteiger partial charge is 0.432 e. The van der Waals surface area contributed by atoms with Crippen LogP contribution in [0.5, 0.6) is 0 Å². The lowest BCUT2D eigenvalue weighted by atomic mass is 10.2. The number of hydrogen-bond acceptors (Lipinski definition) is 4. The van der Waals surface area contributed by atoms with Crippen molar-refractivity contribution < 1.29 is 27.6 Å². The molecule has 82 valence electrons. The van der Waals surface area contributed by atoms with Crippen LogP contribution >= 0.6 is 0 Å². The second kappa shape index (κ2) is 4.25. The van der Waals surface area contributed by atoms with Gasteiger partial charge in [0.15, 0.2) is 0 Å². The van der Waals surface area contributed by atoms with E-state index >= 15 is 0 Å². The molecular formula is C6H8F3NO4. The fraction of sp³-hybridized carbons (Fsp3) is 0.833. The highest BCUT2D eigenvalue weighted by atomic mass is 19.4. The van der Waals surface area contributed by atoms with Crippen LogP contribution in [0.15, 0.2) is 0 Å². The van der Waals surface area contributed by atoms with Crippen LogP contribution < -0.4 is 0 Å². The molecule has 2 unspecified atom stereocenters. The molecule has 0 aromatic rings. The van der Waals surface area contributed by atoms with Gasteiger partial charge in [-0.2, -0.15) is 13.2 Å². The van der Waals surface area contributed by atoms with E-state index in [9.17, 15) is 28.1 Å². The maximum atomic E-state index is 12.1. The van der Waals surface area contributed by atoms with Gasteiger partial charge in [-0.3, -0.25) is 14.9 Å². The van der Waals surface area contributed by atoms with Gasteiger partial charge in [-0.05, 0) is 0 Å². The molecule has 0 aromatic carbocycles. The van der Waals surface area contributed by atoms with Gasteiger partial charge < -0.3 is 4.74 Å². The number of alkyl halides is 3. The van der Waals surface area contributed by atoms with Crippen molar-refractivity contribution >= 4 is 5.97 Å². The van der Waals surface area contributed by atoms with Gasteiger partial charge in [-0.1, -0.05) is 0 Å². The maximum absolute atomic E-state index is 12.1. The molecule has 0 aliphatic heterocycles. The summed E-state index contributed by atoms with van der Waals surface area (Å²) >= 11 is 0. The minimum Gasteiger partial charge on any atom is -0.445 e. The fourth-order valence-corrected chi connectivity index (χ4v) is 0.728. The Morgan fingerprint density at radius 2 is 1.93 bits per heavy atom. The predicted molar refractivity (Wildman–Crippen MR) is 38.1 cm³/mol. The number of esters is 1. The van der Waals surface area contributed by atoms with Crippen LogP contribution in [0.2, 0.25) is 0 Å². The van der Waals surface area contributed by atoms with Crippen LogP contribution in [0.3, 0.4) is 0 Å². The zero-order chi connectivity index (χ0) is 11.5. The molecule has 0 saturated heterocycles. The second-order valence-corrected chi connectivity index (χ2v) is 2.60. The van der Waals surface area contributed by atoms with Gasteiger partial charge in [0.25, 0.3) is 12.1 Å². The van der Waals surface area contributed by atoms with E-state index in [1.165, 1.54) is 0 Å². The maximum Gasteiger partial charge on any atom is 0.432 e. The summed E-state index contributed by atoms with van der Waals surface area (Å²) in [4.78, 5) is 19.2. The van der Waals surface area contributed by atoms with E-state index in [-0.39, 0.29) is 0 Å². The number of carbonyl (C=O) groups is 1. The second-order valence-electron chi connectivity index (χ2n) is 2.60. The van der Waals surface area contributed by atoms with Crippen LogP contribution in [0.4, 0.5) is 13.2 Å². The molecular weight excluding hydrogens is 207 g/mol. The Morgan fingerprint density at radius 3 is 2.14 bits per heavy atom. The summed E-state index contributed by atoms with van der Waals surface area (Å²) in [6.45, 7) is 1.48. The molecule has 0 radical (unpaired) electrons. The normalized spacial score (nSPS) is 15.8. The van der Waals surface area contributed by atoms with Gasteiger partial charge in [-0.25, -0.2) is 0 Å². The molecule has 0 saturated carbocycles. The Bertz CT molecular complexity index is 240. The molecule has 0 spiro atoms. The van der Waals surface area contributed by atoms with Crippen molar-refractivity contribution in [1.29, 1.82) is 0 Å². The number of rotatable bonds is 3. The van der Waals surface area contributed by atoms with Crippen molar-refractivity contribution in [2.75, 3.05) is 0 Å². The quantitative estimate of drug-likeness (QED) is 0.402. The van der Waals surface area contributed by atoms with E-state index in [1.54, 1.807) is 0 Å². The van der Waals surface area contributed by atoms with E-state index in [4.69, 9.17) is 0 Å². The highest BCUT2D eigenvalue weighted by Gasteiger charge is 2.51. The van der Waals surface area contributed by atoms with Gasteiger partial charge in [0.05, 0.1) is 0 Å². The number of hydrogen-bond donors (Lipinski definition) is 0. The van der Waals surface area contributed by atoms with Gasteiger partial charge >= 0.3 is 12.1 Å². The Morgan fingerprint density at radius 1 is 1.50 bits per heavy atom. The van der Waals surface area contributed by atoms with Gasteiger partial charge in [-0.15, -0.1) is 0 Å². The summed E-state index contributed by atoms with van der Waals surface area (Å²) in [7, 11) is 0. The molecule has 0 rings (SSSR count). The monoisotopic (exact) mass is 215 g/mol. The third-order valence-corrected chi connectivity index (χ3v) is 1.39. The first kappa shape index (κ1) is 12.7. The molecule has 0 aliphatic carbocycles. The van der Waals surface area contributed by atoms with Crippen LogP contribution in [0, 0.1) is 10.1 Å². The zero-order valence-electron chi connectivity index (χ0n) is 7.37. The minimum atomic E-state index is -4.93. The Kier molecular flexibility index (Phi) is 3.84. The lowest BCUT2D eigenvalue weighted by Gasteiger charge is -2.20. The molecule has 0 aromatic heterocycles. The molecule has 2 atom stereocenters. The molecule has 14 heavy (non-hydrogen) atoms. The molecule has 0 amide bonds. The Hall–Kier alpha value is -1.34. The number of halogens is 3. The molecule has 0 N–H and O–H groups in total. The van der Waals surface area contributed by atoms with E-state index in [2.05, 4.69) is 4.74 Å². The lowest BCUT2D eigenvalue weighted by Crippen LogP contribution is -2.45. The van der Waals surface area contributed by atoms with Crippen LogP contribution in [0.1, 0.15) is 13.8 Å². The van der Waals surface area contributed by atoms with E-state index in [1.807, 2.05) is 0 Å². The summed E-state index contributed by atoms with van der Waals surface area (Å²) in [6, 6.07) is -2.01. The van der Waals surface area contributed by atoms with Crippen molar-refractivity contribution in [3.8, 4) is 0 Å². The molecule has 0 fully saturated rings. The molecule has 0 bridgehead atoms. The van der Waals surface area contributed by atoms with Crippen molar-refractivity contribution in [3.05, 3.63) is 10.1 Å². The lowest BCUT2D eigenvalue weighted by molar-refractivity contribution is -0.539. The Balaban J connectivity index is 4.73. The largest absolute Gasteiger partial charge is 0.445 e. The van der Waals surface area contributed by atoms with Crippen molar-refractivity contribution in [3.63, 3.8) is 0 Å². The summed E-state index contributed by atoms with van der Waals surface area (Å²) < 4.78 is 40.2. The molecule has 0 heterocycles. The first-order chi connectivity index (χ1) is 6.16. The SMILES string of the molecule is CC(=O)OC(C(C)[N+](=O)[O-])C(F)(F)F. The predicted octanol–water partition coefficient (Wildman–Crippen LogP) is 1.15. The number of ether oxygens (including phenoxy) is 1. The van der Waals surface area contributed by atoms with Crippen molar-refractivity contribution in [2.24, 2.45) is 0 Å². The molecule has 5 nitrogen and oxygen atoms in total. The van der Waals surface area contributed by atoms with Crippen LogP contribution in [-0.4, -0.2) is 29.2 Å². The zero-order valence-corrected chi connectivity index (χ0v) is 7.37. The Labute approximate surface area is 77.0 Å². The van der Waals surface area contributed by atoms with Gasteiger partial charge in [0.2, 0.25) is 0 Å². The van der Waals surface area contributed by atoms with Gasteiger partial charge in [0, 0.05) is 18.8 Å². The fourth-order valence-electron chi connectivity index (χ4n) is 0.728. The number of nitro groups is 1. The average Bonchev–Trinajstić information content (AvgIpc) is 1.96. The highest BCUT2D eigenvalue weighted by molar-refractivity contribution is 5.66. The number of nitrogens with zero attached hydrogens (tertiary/aromatic N) is 1. The van der Waals surface area contributed by atoms with Crippen molar-refractivity contribution in [2.45, 2.75) is 32.2 Å². The van der Waals surface area contributed by atoms with Crippen LogP contribution in [-0.2, 0) is 9.53 Å². The van der Waals surface area contributed by atoms with E-state index in [0.717, 1.165) is 13.8 Å². The van der Waals surface area contributed by atoms with Crippen molar-refractivity contribution in [1.82, 2.24) is 0 Å². The number of carbonyl (C=O) groups excluding carboxylic acids is 1. The topological polar surface area (TPSA) is 69.4 Å². The molecule has 8 heteroatoms. The average molecular weight is 215 g/mol. The third-order valence-electron chi connectivity index (χ3n) is 1.39. The standard InChI is InChI=1S/C6H8F3NO4/c1-3(10(12)13)5(6(7,8)9)14-4(2)11/h3,5H,1-2H3.